The van der Waals surface area contributed by atoms with Gasteiger partial charge in [-0.05, 0) is 48.7 Å². The van der Waals surface area contributed by atoms with E-state index >= 15 is 0 Å². The Morgan fingerprint density at radius 2 is 1.69 bits per heavy atom. The van der Waals surface area contributed by atoms with E-state index in [1.54, 1.807) is 37.3 Å². The molecule has 0 aliphatic carbocycles. The Hall–Kier alpha value is -2.49. The molecule has 0 spiro atoms. The maximum atomic E-state index is 13.6. The lowest BCUT2D eigenvalue weighted by atomic mass is 10.1. The van der Waals surface area contributed by atoms with Crippen molar-refractivity contribution in [2.45, 2.75) is 39.3 Å². The molecule has 0 aromatic heterocycles. The molecule has 2 aromatic rings. The summed E-state index contributed by atoms with van der Waals surface area (Å²) < 4.78 is 31.7. The molecule has 35 heavy (non-hydrogen) atoms. The minimum atomic E-state index is -3.91. The van der Waals surface area contributed by atoms with Crippen molar-refractivity contribution in [2.75, 3.05) is 30.8 Å². The lowest BCUT2D eigenvalue weighted by Crippen LogP contribution is -2.52. The number of carbonyl (C=O) groups is 2. The van der Waals surface area contributed by atoms with E-state index in [0.717, 1.165) is 22.5 Å². The summed E-state index contributed by atoms with van der Waals surface area (Å²) in [6, 6.07) is 10.6. The molecule has 8 nitrogen and oxygen atoms in total. The van der Waals surface area contributed by atoms with E-state index in [1.807, 2.05) is 6.92 Å². The number of anilines is 1. The predicted octanol–water partition coefficient (Wildman–Crippen LogP) is 4.10. The van der Waals surface area contributed by atoms with Crippen LogP contribution in [0.15, 0.2) is 42.5 Å². The summed E-state index contributed by atoms with van der Waals surface area (Å²) in [7, 11) is -2.52. The van der Waals surface area contributed by atoms with Crippen molar-refractivity contribution in [1.29, 1.82) is 0 Å². The van der Waals surface area contributed by atoms with Gasteiger partial charge in [0.05, 0.1) is 19.1 Å². The maximum absolute atomic E-state index is 13.6. The van der Waals surface area contributed by atoms with E-state index < -0.39 is 28.5 Å². The molecular weight excluding hydrogens is 513 g/mol. The third kappa shape index (κ3) is 8.02. The second kappa shape index (κ2) is 13.0. The molecule has 0 unspecified atom stereocenters. The smallest absolute Gasteiger partial charge is 0.244 e. The lowest BCUT2D eigenvalue weighted by Gasteiger charge is -2.33. The number of carbonyl (C=O) groups excluding carboxylic acids is 2. The van der Waals surface area contributed by atoms with Crippen molar-refractivity contribution >= 4 is 50.7 Å². The quantitative estimate of drug-likeness (QED) is 0.434. The molecule has 0 heterocycles. The van der Waals surface area contributed by atoms with Crippen LogP contribution in [0.2, 0.25) is 10.0 Å². The third-order valence-electron chi connectivity index (χ3n) is 5.29. The van der Waals surface area contributed by atoms with Crippen molar-refractivity contribution < 1.29 is 22.7 Å². The number of benzene rings is 2. The molecule has 0 bridgehead atoms. The van der Waals surface area contributed by atoms with Crippen LogP contribution in [-0.4, -0.2) is 57.6 Å². The third-order valence-corrected chi connectivity index (χ3v) is 6.90. The molecule has 0 radical (unpaired) electrons. The number of rotatable bonds is 12. The summed E-state index contributed by atoms with van der Waals surface area (Å²) in [6.07, 6.45) is 2.08. The molecule has 2 rings (SSSR count). The van der Waals surface area contributed by atoms with Gasteiger partial charge in [0, 0.05) is 23.1 Å². The molecule has 1 atom stereocenters. The zero-order valence-electron chi connectivity index (χ0n) is 20.3. The summed E-state index contributed by atoms with van der Waals surface area (Å²) in [5.74, 6) is -0.613. The van der Waals surface area contributed by atoms with Crippen molar-refractivity contribution in [3.8, 4) is 5.75 Å². The average Bonchev–Trinajstić information content (AvgIpc) is 2.81. The minimum Gasteiger partial charge on any atom is -0.495 e. The lowest BCUT2D eigenvalue weighted by molar-refractivity contribution is -0.140. The topological polar surface area (TPSA) is 96.0 Å². The zero-order valence-corrected chi connectivity index (χ0v) is 22.6. The van der Waals surface area contributed by atoms with Gasteiger partial charge < -0.3 is 15.0 Å². The first-order valence-electron chi connectivity index (χ1n) is 11.1. The molecule has 0 aliphatic heterocycles. The van der Waals surface area contributed by atoms with Crippen LogP contribution < -0.4 is 14.4 Å². The van der Waals surface area contributed by atoms with Gasteiger partial charge in [0.25, 0.3) is 0 Å². The highest BCUT2D eigenvalue weighted by atomic mass is 35.5. The minimum absolute atomic E-state index is 0.0956. The Morgan fingerprint density at radius 3 is 2.23 bits per heavy atom. The van der Waals surface area contributed by atoms with E-state index in [1.165, 1.54) is 24.1 Å². The number of methoxy groups -OCH3 is 1. The number of hydrogen-bond donors (Lipinski definition) is 1. The Morgan fingerprint density at radius 1 is 1.06 bits per heavy atom. The first-order valence-corrected chi connectivity index (χ1v) is 13.7. The van der Waals surface area contributed by atoms with Gasteiger partial charge in [-0.1, -0.05) is 49.2 Å². The average molecular weight is 545 g/mol. The number of nitrogens with one attached hydrogen (secondary N) is 1. The van der Waals surface area contributed by atoms with Gasteiger partial charge in [0.2, 0.25) is 21.8 Å². The van der Waals surface area contributed by atoms with Gasteiger partial charge in [0.1, 0.15) is 18.3 Å². The first kappa shape index (κ1) is 28.7. The number of ether oxygens (including phenoxy) is 1. The predicted molar refractivity (Wildman–Crippen MR) is 140 cm³/mol. The van der Waals surface area contributed by atoms with E-state index in [9.17, 15) is 18.0 Å². The largest absolute Gasteiger partial charge is 0.495 e. The summed E-state index contributed by atoms with van der Waals surface area (Å²) in [5, 5.41) is 3.65. The first-order chi connectivity index (χ1) is 16.5. The molecule has 2 aromatic carbocycles. The summed E-state index contributed by atoms with van der Waals surface area (Å²) in [5.41, 5.74) is 0.876. The Kier molecular flexibility index (Phi) is 10.7. The van der Waals surface area contributed by atoms with Gasteiger partial charge in [0.15, 0.2) is 0 Å². The molecular formula is C24H31Cl2N3O5S. The van der Waals surface area contributed by atoms with Crippen molar-refractivity contribution in [2.24, 2.45) is 0 Å². The normalized spacial score (nSPS) is 12.1. The van der Waals surface area contributed by atoms with E-state index in [2.05, 4.69) is 5.32 Å². The van der Waals surface area contributed by atoms with Crippen LogP contribution in [-0.2, 0) is 26.2 Å². The molecule has 192 valence electrons. The Labute approximate surface area is 217 Å². The van der Waals surface area contributed by atoms with Crippen molar-refractivity contribution in [3.05, 3.63) is 58.1 Å². The van der Waals surface area contributed by atoms with Crippen molar-refractivity contribution in [3.63, 3.8) is 0 Å². The fourth-order valence-corrected chi connectivity index (χ4v) is 4.66. The molecule has 2 amide bonds. The van der Waals surface area contributed by atoms with Crippen LogP contribution in [0, 0.1) is 0 Å². The Balaban J connectivity index is 2.48. The Bertz CT molecular complexity index is 1130. The molecule has 11 heteroatoms. The van der Waals surface area contributed by atoms with Gasteiger partial charge in [-0.25, -0.2) is 8.42 Å². The van der Waals surface area contributed by atoms with Gasteiger partial charge in [-0.15, -0.1) is 0 Å². The van der Waals surface area contributed by atoms with Crippen molar-refractivity contribution in [1.82, 2.24) is 10.2 Å². The van der Waals surface area contributed by atoms with E-state index in [0.29, 0.717) is 18.0 Å². The molecule has 0 saturated heterocycles. The highest BCUT2D eigenvalue weighted by Crippen LogP contribution is 2.33. The number of nitrogens with zero attached hydrogens (tertiary/aromatic N) is 2. The zero-order chi connectivity index (χ0) is 26.2. The van der Waals surface area contributed by atoms with Crippen LogP contribution in [0.3, 0.4) is 0 Å². The molecule has 0 fully saturated rings. The van der Waals surface area contributed by atoms with Gasteiger partial charge in [-0.2, -0.15) is 0 Å². The summed E-state index contributed by atoms with van der Waals surface area (Å²) in [4.78, 5) is 28.0. The number of amides is 2. The number of sulfonamides is 1. The monoisotopic (exact) mass is 543 g/mol. The SMILES string of the molecule is CCCNC(=O)[C@@H](CC)N(Cc1ccc(Cl)cc1)C(=O)CN(c1cc(Cl)ccc1OC)S(C)(=O)=O. The molecule has 0 saturated carbocycles. The van der Waals surface area contributed by atoms with Crippen LogP contribution in [0.4, 0.5) is 5.69 Å². The highest BCUT2D eigenvalue weighted by Gasteiger charge is 2.32. The fourth-order valence-electron chi connectivity index (χ4n) is 3.52. The molecule has 0 aliphatic rings. The van der Waals surface area contributed by atoms with E-state index in [4.69, 9.17) is 27.9 Å². The van der Waals surface area contributed by atoms with Crippen LogP contribution in [0.5, 0.6) is 5.75 Å². The highest BCUT2D eigenvalue weighted by molar-refractivity contribution is 7.92. The maximum Gasteiger partial charge on any atom is 0.244 e. The van der Waals surface area contributed by atoms with Gasteiger partial charge in [-0.3, -0.25) is 13.9 Å². The van der Waals surface area contributed by atoms with Crippen LogP contribution in [0.1, 0.15) is 32.3 Å². The molecule has 1 N–H and O–H groups in total. The van der Waals surface area contributed by atoms with Crippen LogP contribution in [0.25, 0.3) is 0 Å². The van der Waals surface area contributed by atoms with E-state index in [-0.39, 0.29) is 28.9 Å². The summed E-state index contributed by atoms with van der Waals surface area (Å²) in [6.45, 7) is 3.75. The van der Waals surface area contributed by atoms with Crippen LogP contribution >= 0.6 is 23.2 Å². The second-order valence-electron chi connectivity index (χ2n) is 7.95. The number of hydrogen-bond acceptors (Lipinski definition) is 5. The second-order valence-corrected chi connectivity index (χ2v) is 10.7. The van der Waals surface area contributed by atoms with Gasteiger partial charge >= 0.3 is 0 Å². The number of halogens is 2. The fraction of sp³-hybridized carbons (Fsp3) is 0.417. The standard InChI is InChI=1S/C24H31Cl2N3O5S/c1-5-13-27-24(31)20(6-2)28(15-17-7-9-18(25)10-8-17)23(30)16-29(35(4,32)33)21-14-19(26)11-12-22(21)34-3/h7-12,14,20H,5-6,13,15-16H2,1-4H3,(H,27,31)/t20-/m1/s1. The summed E-state index contributed by atoms with van der Waals surface area (Å²) >= 11 is 12.1.